The summed E-state index contributed by atoms with van der Waals surface area (Å²) in [5.74, 6) is -0.646. The fourth-order valence-electron chi connectivity index (χ4n) is 4.39. The third kappa shape index (κ3) is 3.66. The van der Waals surface area contributed by atoms with Crippen molar-refractivity contribution in [1.82, 2.24) is 10.3 Å². The molecule has 1 aliphatic heterocycles. The molecule has 5 nitrogen and oxygen atoms in total. The van der Waals surface area contributed by atoms with Gasteiger partial charge in [0.15, 0.2) is 10.9 Å². The van der Waals surface area contributed by atoms with Gasteiger partial charge >= 0.3 is 0 Å². The SMILES string of the molecule is CC1=C(C(=O)Nc2nc3ccccc3s2)[C@H](c2cccc(Cl)c2)C2=C(CCCC2=O)N1. The molecular formula is C24H20ClN3O2S. The second-order valence-electron chi connectivity index (χ2n) is 7.76. The first kappa shape index (κ1) is 20.0. The van der Waals surface area contributed by atoms with E-state index >= 15 is 0 Å². The van der Waals surface area contributed by atoms with Gasteiger partial charge < -0.3 is 5.32 Å². The number of hydrogen-bond acceptors (Lipinski definition) is 5. The van der Waals surface area contributed by atoms with Crippen molar-refractivity contribution >= 4 is 50.0 Å². The number of nitrogens with zero attached hydrogens (tertiary/aromatic N) is 1. The number of amides is 1. The first-order chi connectivity index (χ1) is 15.0. The molecule has 7 heteroatoms. The van der Waals surface area contributed by atoms with Crippen LogP contribution in [0.15, 0.2) is 71.1 Å². The summed E-state index contributed by atoms with van der Waals surface area (Å²) in [7, 11) is 0. The fraction of sp³-hybridized carbons (Fsp3) is 0.208. The van der Waals surface area contributed by atoms with Crippen molar-refractivity contribution in [2.24, 2.45) is 0 Å². The Kier molecular flexibility index (Phi) is 5.12. The van der Waals surface area contributed by atoms with E-state index in [1.54, 1.807) is 6.07 Å². The number of aromatic nitrogens is 1. The molecule has 0 spiro atoms. The number of carbonyl (C=O) groups is 2. The quantitative estimate of drug-likeness (QED) is 0.549. The lowest BCUT2D eigenvalue weighted by atomic mass is 9.75. The van der Waals surface area contributed by atoms with E-state index in [0.717, 1.165) is 40.0 Å². The lowest BCUT2D eigenvalue weighted by molar-refractivity contribution is -0.116. The van der Waals surface area contributed by atoms with Gasteiger partial charge in [-0.15, -0.1) is 0 Å². The van der Waals surface area contributed by atoms with Crippen molar-refractivity contribution in [3.8, 4) is 0 Å². The maximum Gasteiger partial charge on any atom is 0.256 e. The van der Waals surface area contributed by atoms with Crippen molar-refractivity contribution in [1.29, 1.82) is 0 Å². The number of Topliss-reactive ketones (excluding diaryl/α,β-unsaturated/α-hetero) is 1. The number of benzene rings is 2. The number of hydrogen-bond donors (Lipinski definition) is 2. The first-order valence-electron chi connectivity index (χ1n) is 10.2. The van der Waals surface area contributed by atoms with Gasteiger partial charge in [0.1, 0.15) is 0 Å². The first-order valence-corrected chi connectivity index (χ1v) is 11.4. The standard InChI is InChI=1S/C24H20ClN3O2S/c1-13-20(23(30)28-24-27-16-8-2-3-11-19(16)31-24)21(14-6-4-7-15(25)12-14)22-17(26-13)9-5-10-18(22)29/h2-4,6-8,11-12,21,26H,5,9-10H2,1H3,(H,27,28,30)/t21-/m0/s1. The van der Waals surface area contributed by atoms with Gasteiger partial charge in [0.25, 0.3) is 5.91 Å². The Morgan fingerprint density at radius 3 is 2.84 bits per heavy atom. The molecule has 1 aromatic heterocycles. The number of allylic oxidation sites excluding steroid dienone is 3. The predicted molar refractivity (Wildman–Crippen MR) is 124 cm³/mol. The normalized spacial score (nSPS) is 18.8. The highest BCUT2D eigenvalue weighted by atomic mass is 35.5. The van der Waals surface area contributed by atoms with E-state index in [1.807, 2.05) is 49.4 Å². The molecule has 0 bridgehead atoms. The van der Waals surface area contributed by atoms with Crippen molar-refractivity contribution in [3.63, 3.8) is 0 Å². The van der Waals surface area contributed by atoms with Crippen LogP contribution in [0.4, 0.5) is 5.13 Å². The topological polar surface area (TPSA) is 71.1 Å². The zero-order valence-electron chi connectivity index (χ0n) is 16.9. The van der Waals surface area contributed by atoms with Crippen LogP contribution < -0.4 is 10.6 Å². The second kappa shape index (κ2) is 7.94. The van der Waals surface area contributed by atoms with E-state index in [1.165, 1.54) is 11.3 Å². The minimum absolute atomic E-state index is 0.0801. The highest BCUT2D eigenvalue weighted by Gasteiger charge is 2.38. The molecule has 1 amide bonds. The van der Waals surface area contributed by atoms with Gasteiger partial charge in [-0.3, -0.25) is 14.9 Å². The third-order valence-electron chi connectivity index (χ3n) is 5.72. The van der Waals surface area contributed by atoms with Crippen LogP contribution in [-0.2, 0) is 9.59 Å². The molecule has 3 aromatic rings. The number of rotatable bonds is 3. The molecule has 0 unspecified atom stereocenters. The number of halogens is 1. The Bertz CT molecular complexity index is 1260. The molecule has 5 rings (SSSR count). The van der Waals surface area contributed by atoms with Gasteiger partial charge in [-0.2, -0.15) is 0 Å². The molecule has 0 fully saturated rings. The highest BCUT2D eigenvalue weighted by Crippen LogP contribution is 2.43. The number of dihydropyridines is 1. The molecule has 0 saturated heterocycles. The number of carbonyl (C=O) groups excluding carboxylic acids is 2. The van der Waals surface area contributed by atoms with Gasteiger partial charge in [-0.05, 0) is 49.6 Å². The van der Waals surface area contributed by atoms with Crippen LogP contribution in [0.25, 0.3) is 10.2 Å². The van der Waals surface area contributed by atoms with Gasteiger partial charge in [0, 0.05) is 39.9 Å². The fourth-order valence-corrected chi connectivity index (χ4v) is 5.45. The lowest BCUT2D eigenvalue weighted by Gasteiger charge is -2.34. The summed E-state index contributed by atoms with van der Waals surface area (Å²) in [6.45, 7) is 1.88. The maximum atomic E-state index is 13.5. The Labute approximate surface area is 188 Å². The summed E-state index contributed by atoms with van der Waals surface area (Å²) < 4.78 is 1.00. The van der Waals surface area contributed by atoms with Crippen molar-refractivity contribution < 1.29 is 9.59 Å². The molecule has 31 heavy (non-hydrogen) atoms. The van der Waals surface area contributed by atoms with Crippen LogP contribution in [-0.4, -0.2) is 16.7 Å². The van der Waals surface area contributed by atoms with Crippen LogP contribution in [0.3, 0.4) is 0 Å². The van der Waals surface area contributed by atoms with E-state index in [9.17, 15) is 9.59 Å². The molecule has 1 atom stereocenters. The van der Waals surface area contributed by atoms with Gasteiger partial charge in [0.05, 0.1) is 10.2 Å². The minimum atomic E-state index is -0.461. The molecule has 2 heterocycles. The molecule has 1 aliphatic carbocycles. The Balaban J connectivity index is 1.57. The van der Waals surface area contributed by atoms with Crippen LogP contribution in [0, 0.1) is 0 Å². The predicted octanol–water partition coefficient (Wildman–Crippen LogP) is 5.56. The number of nitrogens with one attached hydrogen (secondary N) is 2. The monoisotopic (exact) mass is 449 g/mol. The van der Waals surface area contributed by atoms with E-state index in [0.29, 0.717) is 27.7 Å². The van der Waals surface area contributed by atoms with Crippen LogP contribution >= 0.6 is 22.9 Å². The smallest absolute Gasteiger partial charge is 0.256 e. The summed E-state index contributed by atoms with van der Waals surface area (Å²) in [5.41, 5.74) is 4.54. The average Bonchev–Trinajstić information content (AvgIpc) is 3.15. The van der Waals surface area contributed by atoms with Crippen molar-refractivity contribution in [2.75, 3.05) is 5.32 Å². The molecule has 156 valence electrons. The third-order valence-corrected chi connectivity index (χ3v) is 6.90. The van der Waals surface area contributed by atoms with Crippen molar-refractivity contribution in [2.45, 2.75) is 32.1 Å². The number of thiazole rings is 1. The zero-order valence-corrected chi connectivity index (χ0v) is 18.4. The van der Waals surface area contributed by atoms with Gasteiger partial charge in [-0.1, -0.05) is 47.2 Å². The summed E-state index contributed by atoms with van der Waals surface area (Å²) >= 11 is 7.70. The van der Waals surface area contributed by atoms with E-state index in [4.69, 9.17) is 11.6 Å². The largest absolute Gasteiger partial charge is 0.362 e. The summed E-state index contributed by atoms with van der Waals surface area (Å²) in [6.07, 6.45) is 2.10. The van der Waals surface area contributed by atoms with E-state index in [-0.39, 0.29) is 11.7 Å². The Morgan fingerprint density at radius 1 is 1.19 bits per heavy atom. The second-order valence-corrected chi connectivity index (χ2v) is 9.23. The van der Waals surface area contributed by atoms with Gasteiger partial charge in [0.2, 0.25) is 0 Å². The maximum absolute atomic E-state index is 13.5. The average molecular weight is 450 g/mol. The lowest BCUT2D eigenvalue weighted by Crippen LogP contribution is -2.35. The molecule has 0 saturated carbocycles. The number of anilines is 1. The molecule has 2 aliphatic rings. The minimum Gasteiger partial charge on any atom is -0.362 e. The molecule has 2 aromatic carbocycles. The number of para-hydroxylation sites is 1. The van der Waals surface area contributed by atoms with Crippen LogP contribution in [0.2, 0.25) is 5.02 Å². The van der Waals surface area contributed by atoms with Crippen LogP contribution in [0.1, 0.15) is 37.7 Å². The van der Waals surface area contributed by atoms with E-state index < -0.39 is 5.92 Å². The number of ketones is 1. The Hall–Kier alpha value is -2.96. The number of fused-ring (bicyclic) bond motifs is 1. The van der Waals surface area contributed by atoms with Crippen LogP contribution in [0.5, 0.6) is 0 Å². The zero-order chi connectivity index (χ0) is 21.5. The molecule has 0 radical (unpaired) electrons. The summed E-state index contributed by atoms with van der Waals surface area (Å²) in [6, 6.07) is 15.2. The molecule has 2 N–H and O–H groups in total. The van der Waals surface area contributed by atoms with Crippen molar-refractivity contribution in [3.05, 3.63) is 81.7 Å². The highest BCUT2D eigenvalue weighted by molar-refractivity contribution is 7.22. The molecular weight excluding hydrogens is 430 g/mol. The van der Waals surface area contributed by atoms with E-state index in [2.05, 4.69) is 15.6 Å². The summed E-state index contributed by atoms with van der Waals surface area (Å²) in [5, 5.41) is 7.40. The summed E-state index contributed by atoms with van der Waals surface area (Å²) in [4.78, 5) is 31.0. The Morgan fingerprint density at radius 2 is 2.03 bits per heavy atom. The van der Waals surface area contributed by atoms with Gasteiger partial charge in [-0.25, -0.2) is 4.98 Å².